The van der Waals surface area contributed by atoms with Gasteiger partial charge < -0.3 is 4.90 Å². The third kappa shape index (κ3) is 1.96. The maximum atomic E-state index is 13.4. The van der Waals surface area contributed by atoms with Gasteiger partial charge >= 0.3 is 0 Å². The molecule has 2 fully saturated rings. The van der Waals surface area contributed by atoms with Crippen molar-refractivity contribution in [3.8, 4) is 0 Å². The molecule has 0 bridgehead atoms. The van der Waals surface area contributed by atoms with Crippen LogP contribution in [0.3, 0.4) is 0 Å². The minimum absolute atomic E-state index is 0.000671. The van der Waals surface area contributed by atoms with Crippen molar-refractivity contribution in [2.45, 2.75) is 25.2 Å². The lowest BCUT2D eigenvalue weighted by Crippen LogP contribution is -2.33. The van der Waals surface area contributed by atoms with Crippen LogP contribution >= 0.6 is 11.6 Å². The van der Waals surface area contributed by atoms with Crippen molar-refractivity contribution in [2.75, 3.05) is 19.0 Å². The second-order valence-electron chi connectivity index (χ2n) is 4.40. The molecule has 0 unspecified atom stereocenters. The van der Waals surface area contributed by atoms with Crippen molar-refractivity contribution in [1.29, 1.82) is 0 Å². The van der Waals surface area contributed by atoms with Gasteiger partial charge in [-0.1, -0.05) is 0 Å². The van der Waals surface area contributed by atoms with E-state index in [0.29, 0.717) is 13.0 Å². The number of hydrogen-bond acceptors (Lipinski definition) is 1. The number of amides is 1. The van der Waals surface area contributed by atoms with Crippen LogP contribution in [-0.4, -0.2) is 35.7 Å². The van der Waals surface area contributed by atoms with Crippen molar-refractivity contribution in [3.63, 3.8) is 0 Å². The summed E-state index contributed by atoms with van der Waals surface area (Å²) in [7, 11) is 0. The lowest BCUT2D eigenvalue weighted by Gasteiger charge is -2.20. The number of carbonyl (C=O) groups is 1. The number of alkyl halides is 3. The van der Waals surface area contributed by atoms with Gasteiger partial charge in [0.15, 0.2) is 0 Å². The summed E-state index contributed by atoms with van der Waals surface area (Å²) in [4.78, 5) is 13.0. The Morgan fingerprint density at radius 2 is 2.20 bits per heavy atom. The third-order valence-corrected chi connectivity index (χ3v) is 3.68. The fraction of sp³-hybridized carbons (Fsp3) is 0.900. The van der Waals surface area contributed by atoms with Crippen molar-refractivity contribution < 1.29 is 13.6 Å². The van der Waals surface area contributed by atoms with Crippen LogP contribution in [0.1, 0.15) is 19.3 Å². The monoisotopic (exact) mass is 237 g/mol. The summed E-state index contributed by atoms with van der Waals surface area (Å²) in [6.45, 7) is 0.712. The third-order valence-electron chi connectivity index (χ3n) is 3.49. The van der Waals surface area contributed by atoms with Gasteiger partial charge in [0.2, 0.25) is 5.91 Å². The van der Waals surface area contributed by atoms with Gasteiger partial charge in [-0.2, -0.15) is 0 Å². The van der Waals surface area contributed by atoms with Gasteiger partial charge in [-0.15, -0.1) is 11.6 Å². The molecule has 1 aliphatic heterocycles. The Bertz CT molecular complexity index is 272. The second kappa shape index (κ2) is 3.89. The molecule has 1 amide bonds. The van der Waals surface area contributed by atoms with E-state index in [2.05, 4.69) is 0 Å². The number of rotatable bonds is 2. The van der Waals surface area contributed by atoms with Gasteiger partial charge in [0.05, 0.1) is 0 Å². The maximum Gasteiger partial charge on any atom is 0.252 e. The molecule has 0 aromatic rings. The van der Waals surface area contributed by atoms with E-state index < -0.39 is 11.8 Å². The highest BCUT2D eigenvalue weighted by atomic mass is 35.5. The van der Waals surface area contributed by atoms with E-state index >= 15 is 0 Å². The molecule has 1 saturated carbocycles. The fourth-order valence-corrected chi connectivity index (χ4v) is 2.81. The summed E-state index contributed by atoms with van der Waals surface area (Å²) in [5.74, 6) is -3.01. The minimum Gasteiger partial charge on any atom is -0.342 e. The highest BCUT2D eigenvalue weighted by Crippen LogP contribution is 2.48. The first-order valence-corrected chi connectivity index (χ1v) is 5.79. The van der Waals surface area contributed by atoms with Crippen LogP contribution in [0.25, 0.3) is 0 Å². The number of carbonyl (C=O) groups excluding carboxylic acids is 1. The topological polar surface area (TPSA) is 20.3 Å². The molecule has 2 atom stereocenters. The largest absolute Gasteiger partial charge is 0.342 e. The zero-order chi connectivity index (χ0) is 11.1. The van der Waals surface area contributed by atoms with Crippen molar-refractivity contribution in [3.05, 3.63) is 0 Å². The molecule has 86 valence electrons. The predicted molar refractivity (Wildman–Crippen MR) is 53.1 cm³/mol. The van der Waals surface area contributed by atoms with E-state index in [0.717, 1.165) is 0 Å². The molecule has 0 spiro atoms. The summed E-state index contributed by atoms with van der Waals surface area (Å²) in [5.41, 5.74) is 0. The van der Waals surface area contributed by atoms with Crippen molar-refractivity contribution in [1.82, 2.24) is 4.90 Å². The Kier molecular flexibility index (Phi) is 2.88. The lowest BCUT2D eigenvalue weighted by atomic mass is 9.99. The van der Waals surface area contributed by atoms with Crippen LogP contribution in [0.4, 0.5) is 8.78 Å². The molecular weight excluding hydrogens is 224 g/mol. The van der Waals surface area contributed by atoms with Gasteiger partial charge in [0.1, 0.15) is 0 Å². The van der Waals surface area contributed by atoms with Crippen LogP contribution in [0.2, 0.25) is 0 Å². The van der Waals surface area contributed by atoms with Gasteiger partial charge in [0.25, 0.3) is 5.92 Å². The minimum atomic E-state index is -2.57. The van der Waals surface area contributed by atoms with Crippen LogP contribution in [0, 0.1) is 11.8 Å². The van der Waals surface area contributed by atoms with Crippen LogP contribution in [0.5, 0.6) is 0 Å². The number of fused-ring (bicyclic) bond motifs is 1. The van der Waals surface area contributed by atoms with E-state index in [1.165, 1.54) is 0 Å². The van der Waals surface area contributed by atoms with E-state index in [1.807, 2.05) is 0 Å². The highest BCUT2D eigenvalue weighted by Gasteiger charge is 2.54. The zero-order valence-corrected chi connectivity index (χ0v) is 9.14. The summed E-state index contributed by atoms with van der Waals surface area (Å²) in [5, 5.41) is 0. The molecule has 1 aliphatic carbocycles. The summed E-state index contributed by atoms with van der Waals surface area (Å²) < 4.78 is 26.7. The number of hydrogen-bond donors (Lipinski definition) is 0. The zero-order valence-electron chi connectivity index (χ0n) is 8.39. The number of nitrogens with zero attached hydrogens (tertiary/aromatic N) is 1. The smallest absolute Gasteiger partial charge is 0.252 e. The van der Waals surface area contributed by atoms with E-state index in [1.54, 1.807) is 4.90 Å². The normalized spacial score (nSPS) is 33.1. The molecule has 2 aliphatic rings. The molecule has 0 N–H and O–H groups in total. The Morgan fingerprint density at radius 1 is 1.47 bits per heavy atom. The lowest BCUT2D eigenvalue weighted by molar-refractivity contribution is -0.130. The summed E-state index contributed by atoms with van der Waals surface area (Å²) >= 11 is 5.46. The van der Waals surface area contributed by atoms with E-state index in [9.17, 15) is 13.6 Å². The maximum absolute atomic E-state index is 13.4. The van der Waals surface area contributed by atoms with Crippen LogP contribution in [-0.2, 0) is 4.79 Å². The Labute approximate surface area is 92.6 Å². The first-order chi connectivity index (χ1) is 7.04. The van der Waals surface area contributed by atoms with E-state index in [-0.39, 0.29) is 37.1 Å². The van der Waals surface area contributed by atoms with Crippen molar-refractivity contribution >= 4 is 17.5 Å². The molecule has 5 heteroatoms. The quantitative estimate of drug-likeness (QED) is 0.674. The summed E-state index contributed by atoms with van der Waals surface area (Å²) in [6, 6.07) is 0. The first kappa shape index (κ1) is 11.1. The molecule has 15 heavy (non-hydrogen) atoms. The molecule has 0 aromatic carbocycles. The second-order valence-corrected chi connectivity index (χ2v) is 4.78. The number of halogens is 3. The van der Waals surface area contributed by atoms with Gasteiger partial charge in [-0.25, -0.2) is 8.78 Å². The average molecular weight is 238 g/mol. The average Bonchev–Trinajstić information content (AvgIpc) is 2.68. The fourth-order valence-electron chi connectivity index (χ4n) is 2.65. The van der Waals surface area contributed by atoms with Crippen molar-refractivity contribution in [2.24, 2.45) is 11.8 Å². The highest BCUT2D eigenvalue weighted by molar-refractivity contribution is 6.18. The van der Waals surface area contributed by atoms with Crippen LogP contribution < -0.4 is 0 Å². The molecule has 0 aromatic heterocycles. The Hall–Kier alpha value is -0.380. The van der Waals surface area contributed by atoms with Crippen LogP contribution in [0.15, 0.2) is 0 Å². The molecular formula is C10H14ClF2NO. The van der Waals surface area contributed by atoms with E-state index in [4.69, 9.17) is 11.6 Å². The molecule has 2 rings (SSSR count). The van der Waals surface area contributed by atoms with Gasteiger partial charge in [-0.3, -0.25) is 4.79 Å². The SMILES string of the molecule is O=C(CCCl)N1C[C@H]2CCC(F)(F)[C@H]2C1. The molecule has 1 saturated heterocycles. The van der Waals surface area contributed by atoms with Gasteiger partial charge in [0, 0.05) is 37.7 Å². The Morgan fingerprint density at radius 3 is 2.80 bits per heavy atom. The molecule has 1 heterocycles. The first-order valence-electron chi connectivity index (χ1n) is 5.26. The predicted octanol–water partition coefficient (Wildman–Crippen LogP) is 2.12. The Balaban J connectivity index is 1.98. The number of likely N-dealkylation sites (tertiary alicyclic amines) is 1. The molecule has 0 radical (unpaired) electrons. The molecule has 2 nitrogen and oxygen atoms in total. The summed E-state index contributed by atoms with van der Waals surface area (Å²) in [6.07, 6.45) is 0.786. The standard InChI is InChI=1S/C10H14ClF2NO/c11-4-2-9(15)14-5-7-1-3-10(12,13)8(7)6-14/h7-8H,1-6H2/t7-,8+/m1/s1. The van der Waals surface area contributed by atoms with Gasteiger partial charge in [-0.05, 0) is 12.3 Å².